The molecule has 6 nitrogen and oxygen atoms in total. The van der Waals surface area contributed by atoms with Crippen LogP contribution in [0.25, 0.3) is 6.08 Å². The van der Waals surface area contributed by atoms with Gasteiger partial charge in [-0.15, -0.1) is 11.3 Å². The Morgan fingerprint density at radius 1 is 0.923 bits per heavy atom. The lowest BCUT2D eigenvalue weighted by Gasteiger charge is -2.37. The van der Waals surface area contributed by atoms with Crippen LogP contribution in [0.2, 0.25) is 0 Å². The molecule has 4 aromatic rings. The third kappa shape index (κ3) is 3.23. The second kappa shape index (κ2) is 8.78. The van der Waals surface area contributed by atoms with E-state index in [9.17, 15) is 14.4 Å². The molecule has 4 heterocycles. The number of thiophene rings is 1. The van der Waals surface area contributed by atoms with E-state index >= 15 is 0 Å². The van der Waals surface area contributed by atoms with Crippen LogP contribution in [0.1, 0.15) is 31.2 Å². The SMILES string of the molecule is COc1ccc(C(=O)[C@@H]2[C@H](C(=O)c3cccs3)N3c4ccccc4C=C[C@@H]3[C@@]23C(=O)Nc2ccccc23)cc1. The van der Waals surface area contributed by atoms with Gasteiger partial charge in [0, 0.05) is 16.9 Å². The highest BCUT2D eigenvalue weighted by Crippen LogP contribution is 2.58. The van der Waals surface area contributed by atoms with Gasteiger partial charge in [0.15, 0.2) is 11.6 Å². The van der Waals surface area contributed by atoms with Gasteiger partial charge in [-0.3, -0.25) is 14.4 Å². The van der Waals surface area contributed by atoms with Crippen molar-refractivity contribution in [2.45, 2.75) is 17.5 Å². The topological polar surface area (TPSA) is 75.7 Å². The minimum Gasteiger partial charge on any atom is -0.497 e. The summed E-state index contributed by atoms with van der Waals surface area (Å²) < 4.78 is 5.31. The second-order valence-electron chi connectivity index (χ2n) is 10.00. The summed E-state index contributed by atoms with van der Waals surface area (Å²) >= 11 is 1.35. The smallest absolute Gasteiger partial charge is 0.238 e. The zero-order valence-corrected chi connectivity index (χ0v) is 21.9. The summed E-state index contributed by atoms with van der Waals surface area (Å²) in [5, 5.41) is 4.91. The monoisotopic (exact) mass is 532 g/mol. The number of carbonyl (C=O) groups excluding carboxylic acids is 3. The predicted octanol–water partition coefficient (Wildman–Crippen LogP) is 5.61. The van der Waals surface area contributed by atoms with Gasteiger partial charge in [0.25, 0.3) is 0 Å². The number of hydrogen-bond acceptors (Lipinski definition) is 6. The molecule has 1 saturated heterocycles. The van der Waals surface area contributed by atoms with E-state index in [1.165, 1.54) is 11.3 Å². The van der Waals surface area contributed by atoms with Crippen LogP contribution < -0.4 is 15.0 Å². The molecule has 192 valence electrons. The Labute approximate surface area is 229 Å². The van der Waals surface area contributed by atoms with E-state index in [-0.39, 0.29) is 17.5 Å². The highest BCUT2D eigenvalue weighted by atomic mass is 32.1. The molecule has 0 bridgehead atoms. The number of rotatable bonds is 5. The second-order valence-corrected chi connectivity index (χ2v) is 10.9. The van der Waals surface area contributed by atoms with Gasteiger partial charge in [0.05, 0.1) is 23.9 Å². The first kappa shape index (κ1) is 23.6. The average Bonchev–Trinajstić information content (AvgIpc) is 3.69. The number of carbonyl (C=O) groups is 3. The summed E-state index contributed by atoms with van der Waals surface area (Å²) in [6.45, 7) is 0. The molecule has 7 rings (SSSR count). The van der Waals surface area contributed by atoms with E-state index in [2.05, 4.69) is 5.32 Å². The molecule has 3 aliphatic heterocycles. The number of Topliss-reactive ketones (excluding diaryl/α,β-unsaturated/α-hetero) is 2. The molecule has 39 heavy (non-hydrogen) atoms. The number of nitrogens with one attached hydrogen (secondary N) is 1. The van der Waals surface area contributed by atoms with Crippen LogP contribution in [0, 0.1) is 5.92 Å². The average molecular weight is 533 g/mol. The quantitative estimate of drug-likeness (QED) is 0.338. The zero-order chi connectivity index (χ0) is 26.7. The summed E-state index contributed by atoms with van der Waals surface area (Å²) in [5.74, 6) is -1.04. The van der Waals surface area contributed by atoms with Crippen LogP contribution in [-0.4, -0.2) is 36.7 Å². The standard InChI is InChI=1S/C32H24N2O4S/c1-38-21-15-12-20(13-16-21)29(35)27-28(30(36)25-11-6-18-39-25)34-24-10-5-2-7-19(24)14-17-26(34)32(27)22-8-3-4-9-23(22)33-31(32)37/h2-18,26-28H,1H3,(H,33,37)/t26-,27+,28-,32-/m1/s1. The Morgan fingerprint density at radius 2 is 1.69 bits per heavy atom. The van der Waals surface area contributed by atoms with Crippen LogP contribution in [-0.2, 0) is 10.2 Å². The van der Waals surface area contributed by atoms with Crippen molar-refractivity contribution in [1.82, 2.24) is 0 Å². The highest BCUT2D eigenvalue weighted by molar-refractivity contribution is 7.12. The molecule has 1 N–H and O–H groups in total. The van der Waals surface area contributed by atoms with Crippen molar-refractivity contribution >= 4 is 46.3 Å². The minimum atomic E-state index is -1.31. The molecule has 3 aromatic carbocycles. The van der Waals surface area contributed by atoms with Crippen molar-refractivity contribution in [3.8, 4) is 5.75 Å². The molecule has 1 fully saturated rings. The van der Waals surface area contributed by atoms with Crippen molar-refractivity contribution in [1.29, 1.82) is 0 Å². The maximum absolute atomic E-state index is 14.7. The largest absolute Gasteiger partial charge is 0.497 e. The predicted molar refractivity (Wildman–Crippen MR) is 152 cm³/mol. The van der Waals surface area contributed by atoms with Gasteiger partial charge in [-0.1, -0.05) is 54.6 Å². The van der Waals surface area contributed by atoms with Crippen LogP contribution in [0.3, 0.4) is 0 Å². The molecular formula is C32H24N2O4S. The Balaban J connectivity index is 1.52. The lowest BCUT2D eigenvalue weighted by Crippen LogP contribution is -2.51. The third-order valence-corrected chi connectivity index (χ3v) is 9.12. The van der Waals surface area contributed by atoms with Crippen LogP contribution in [0.4, 0.5) is 11.4 Å². The number of benzene rings is 3. The summed E-state index contributed by atoms with van der Waals surface area (Å²) in [5.41, 5.74) is 2.31. The fourth-order valence-corrected chi connectivity index (χ4v) is 7.32. The summed E-state index contributed by atoms with van der Waals surface area (Å²) in [7, 11) is 1.57. The van der Waals surface area contributed by atoms with Gasteiger partial charge in [-0.25, -0.2) is 0 Å². The lowest BCUT2D eigenvalue weighted by atomic mass is 9.64. The molecule has 0 aliphatic carbocycles. The van der Waals surface area contributed by atoms with Gasteiger partial charge < -0.3 is 15.0 Å². The van der Waals surface area contributed by atoms with Gasteiger partial charge in [0.1, 0.15) is 17.2 Å². The fraction of sp³-hybridized carbons (Fsp3) is 0.156. The van der Waals surface area contributed by atoms with Gasteiger partial charge in [-0.05, 0) is 59.0 Å². The summed E-state index contributed by atoms with van der Waals surface area (Å²) in [6, 6.07) is 24.4. The summed E-state index contributed by atoms with van der Waals surface area (Å²) in [6.07, 6.45) is 3.99. The molecular weight excluding hydrogens is 508 g/mol. The number of para-hydroxylation sites is 2. The number of ether oxygens (including phenoxy) is 1. The summed E-state index contributed by atoms with van der Waals surface area (Å²) in [4.78, 5) is 45.9. The molecule has 7 heteroatoms. The number of fused-ring (bicyclic) bond motifs is 6. The lowest BCUT2D eigenvalue weighted by molar-refractivity contribution is -0.121. The molecule has 1 amide bonds. The highest BCUT2D eigenvalue weighted by Gasteiger charge is 2.70. The number of nitrogens with zero attached hydrogens (tertiary/aromatic N) is 1. The first-order chi connectivity index (χ1) is 19.1. The van der Waals surface area contributed by atoms with E-state index in [1.54, 1.807) is 37.4 Å². The van der Waals surface area contributed by atoms with Crippen molar-refractivity contribution in [2.75, 3.05) is 17.3 Å². The Kier molecular flexibility index (Phi) is 5.32. The number of amides is 1. The number of hydrogen-bond donors (Lipinski definition) is 1. The molecule has 1 spiro atoms. The first-order valence-electron chi connectivity index (χ1n) is 12.8. The normalized spacial score (nSPS) is 24.2. The number of methoxy groups -OCH3 is 1. The van der Waals surface area contributed by atoms with Gasteiger partial charge in [-0.2, -0.15) is 0 Å². The molecule has 0 saturated carbocycles. The molecule has 4 atom stereocenters. The maximum Gasteiger partial charge on any atom is 0.238 e. The zero-order valence-electron chi connectivity index (χ0n) is 21.0. The Morgan fingerprint density at radius 3 is 2.46 bits per heavy atom. The van der Waals surface area contributed by atoms with Gasteiger partial charge in [0.2, 0.25) is 5.91 Å². The van der Waals surface area contributed by atoms with Gasteiger partial charge >= 0.3 is 0 Å². The number of ketones is 2. The van der Waals surface area contributed by atoms with Crippen LogP contribution in [0.15, 0.2) is 96.4 Å². The number of anilines is 2. The molecule has 1 aromatic heterocycles. The minimum absolute atomic E-state index is 0.166. The fourth-order valence-electron chi connectivity index (χ4n) is 6.62. The van der Waals surface area contributed by atoms with E-state index in [0.29, 0.717) is 21.9 Å². The third-order valence-electron chi connectivity index (χ3n) is 8.23. The van der Waals surface area contributed by atoms with Crippen molar-refractivity contribution in [2.24, 2.45) is 5.92 Å². The van der Waals surface area contributed by atoms with E-state index < -0.39 is 23.4 Å². The maximum atomic E-state index is 14.7. The van der Waals surface area contributed by atoms with Crippen molar-refractivity contribution in [3.05, 3.63) is 118 Å². The molecule has 3 aliphatic rings. The Bertz CT molecular complexity index is 1660. The van der Waals surface area contributed by atoms with Crippen molar-refractivity contribution in [3.63, 3.8) is 0 Å². The van der Waals surface area contributed by atoms with Crippen LogP contribution >= 0.6 is 11.3 Å². The van der Waals surface area contributed by atoms with Crippen molar-refractivity contribution < 1.29 is 19.1 Å². The van der Waals surface area contributed by atoms with E-state index in [0.717, 1.165) is 16.8 Å². The Hall–Kier alpha value is -4.49. The van der Waals surface area contributed by atoms with Crippen LogP contribution in [0.5, 0.6) is 5.75 Å². The van der Waals surface area contributed by atoms with E-state index in [4.69, 9.17) is 4.74 Å². The molecule has 0 radical (unpaired) electrons. The first-order valence-corrected chi connectivity index (χ1v) is 13.7. The van der Waals surface area contributed by atoms with E-state index in [1.807, 2.05) is 77.0 Å². The molecule has 0 unspecified atom stereocenters.